The molecule has 3 unspecified atom stereocenters. The van der Waals surface area contributed by atoms with Crippen molar-refractivity contribution in [3.05, 3.63) is 0 Å². The van der Waals surface area contributed by atoms with Crippen LogP contribution in [0, 0.1) is 17.8 Å². The summed E-state index contributed by atoms with van der Waals surface area (Å²) in [5.41, 5.74) is 6.40. The highest BCUT2D eigenvalue weighted by atomic mass is 16.2. The lowest BCUT2D eigenvalue weighted by atomic mass is 9.65. The molecule has 4 nitrogen and oxygen atoms in total. The lowest BCUT2D eigenvalue weighted by Gasteiger charge is -2.45. The van der Waals surface area contributed by atoms with Gasteiger partial charge >= 0.3 is 0 Å². The van der Waals surface area contributed by atoms with Crippen LogP contribution in [-0.2, 0) is 4.79 Å². The van der Waals surface area contributed by atoms with E-state index in [0.717, 1.165) is 25.9 Å². The van der Waals surface area contributed by atoms with Crippen molar-refractivity contribution in [2.24, 2.45) is 23.5 Å². The number of nitrogens with two attached hydrogens (primary N) is 1. The molecule has 4 aliphatic rings. The average Bonchev–Trinajstić information content (AvgIpc) is 3.08. The summed E-state index contributed by atoms with van der Waals surface area (Å²) in [5.74, 6) is 1.94. The van der Waals surface area contributed by atoms with Gasteiger partial charge in [0.25, 0.3) is 0 Å². The Kier molecular flexibility index (Phi) is 4.64. The van der Waals surface area contributed by atoms with Gasteiger partial charge in [-0.25, -0.2) is 0 Å². The van der Waals surface area contributed by atoms with E-state index in [2.05, 4.69) is 9.80 Å². The van der Waals surface area contributed by atoms with Crippen molar-refractivity contribution in [2.75, 3.05) is 26.2 Å². The van der Waals surface area contributed by atoms with E-state index in [1.54, 1.807) is 0 Å². The molecule has 2 saturated heterocycles. The second-order valence-electron chi connectivity index (χ2n) is 8.52. The standard InChI is InChI=1S/C19H33N3O/c20-18-14-5-3-6-15(18)12-16(11-14)19(23)22-10-4-7-17(13-22)21-8-1-2-9-21/h14-18H,1-13,20H2. The van der Waals surface area contributed by atoms with Crippen LogP contribution in [0.2, 0.25) is 0 Å². The van der Waals surface area contributed by atoms with E-state index in [1.165, 1.54) is 58.0 Å². The number of carbonyl (C=O) groups is 1. The van der Waals surface area contributed by atoms with Gasteiger partial charge in [-0.2, -0.15) is 0 Å². The molecule has 0 spiro atoms. The molecular formula is C19H33N3O. The van der Waals surface area contributed by atoms with Crippen LogP contribution in [0.5, 0.6) is 0 Å². The zero-order valence-electron chi connectivity index (χ0n) is 14.5. The maximum Gasteiger partial charge on any atom is 0.225 e. The molecule has 2 heterocycles. The molecule has 2 aliphatic carbocycles. The molecule has 2 saturated carbocycles. The normalized spacial score (nSPS) is 42.0. The molecule has 0 aromatic heterocycles. The van der Waals surface area contributed by atoms with Crippen molar-refractivity contribution in [1.29, 1.82) is 0 Å². The summed E-state index contributed by atoms with van der Waals surface area (Å²) in [5, 5.41) is 0. The van der Waals surface area contributed by atoms with E-state index < -0.39 is 0 Å². The van der Waals surface area contributed by atoms with Gasteiger partial charge in [0.1, 0.15) is 0 Å². The molecule has 130 valence electrons. The molecule has 4 heteroatoms. The summed E-state index contributed by atoms with van der Waals surface area (Å²) in [4.78, 5) is 18.0. The minimum Gasteiger partial charge on any atom is -0.341 e. The molecule has 2 N–H and O–H groups in total. The van der Waals surface area contributed by atoms with Crippen molar-refractivity contribution in [1.82, 2.24) is 9.80 Å². The molecule has 4 rings (SSSR count). The van der Waals surface area contributed by atoms with Crippen LogP contribution >= 0.6 is 0 Å². The Morgan fingerprint density at radius 2 is 1.57 bits per heavy atom. The van der Waals surface area contributed by atoms with E-state index in [0.29, 0.717) is 29.8 Å². The van der Waals surface area contributed by atoms with Gasteiger partial charge in [0.05, 0.1) is 0 Å². The highest BCUT2D eigenvalue weighted by molar-refractivity contribution is 5.79. The van der Waals surface area contributed by atoms with Gasteiger partial charge in [-0.3, -0.25) is 9.69 Å². The first kappa shape index (κ1) is 15.9. The Morgan fingerprint density at radius 1 is 0.870 bits per heavy atom. The summed E-state index contributed by atoms with van der Waals surface area (Å²) in [7, 11) is 0. The fourth-order valence-corrected chi connectivity index (χ4v) is 5.81. The second kappa shape index (κ2) is 6.72. The van der Waals surface area contributed by atoms with Gasteiger partial charge in [0, 0.05) is 31.1 Å². The zero-order valence-corrected chi connectivity index (χ0v) is 14.5. The van der Waals surface area contributed by atoms with E-state index in [9.17, 15) is 4.79 Å². The highest BCUT2D eigenvalue weighted by Crippen LogP contribution is 2.42. The summed E-state index contributed by atoms with van der Waals surface area (Å²) in [6.45, 7) is 4.46. The van der Waals surface area contributed by atoms with Crippen molar-refractivity contribution in [2.45, 2.75) is 69.9 Å². The van der Waals surface area contributed by atoms with E-state index in [4.69, 9.17) is 5.73 Å². The first-order chi connectivity index (χ1) is 11.2. The van der Waals surface area contributed by atoms with Crippen LogP contribution in [0.3, 0.4) is 0 Å². The fraction of sp³-hybridized carbons (Fsp3) is 0.947. The lowest BCUT2D eigenvalue weighted by molar-refractivity contribution is -0.140. The first-order valence-electron chi connectivity index (χ1n) is 10.0. The maximum absolute atomic E-state index is 13.1. The molecule has 3 atom stereocenters. The minimum atomic E-state index is 0.266. The Hall–Kier alpha value is -0.610. The molecule has 4 fully saturated rings. The molecule has 23 heavy (non-hydrogen) atoms. The van der Waals surface area contributed by atoms with Crippen molar-refractivity contribution >= 4 is 5.91 Å². The third kappa shape index (κ3) is 3.17. The van der Waals surface area contributed by atoms with Crippen LogP contribution in [0.25, 0.3) is 0 Å². The molecule has 2 aliphatic heterocycles. The third-order valence-electron chi connectivity index (χ3n) is 7.13. The Balaban J connectivity index is 1.38. The van der Waals surface area contributed by atoms with Gasteiger partial charge in [0.2, 0.25) is 5.91 Å². The van der Waals surface area contributed by atoms with Crippen molar-refractivity contribution < 1.29 is 4.79 Å². The number of amides is 1. The number of nitrogens with zero attached hydrogens (tertiary/aromatic N) is 2. The molecule has 1 amide bonds. The average molecular weight is 319 g/mol. The fourth-order valence-electron chi connectivity index (χ4n) is 5.81. The van der Waals surface area contributed by atoms with Crippen LogP contribution in [0.4, 0.5) is 0 Å². The first-order valence-corrected chi connectivity index (χ1v) is 10.0. The van der Waals surface area contributed by atoms with E-state index in [-0.39, 0.29) is 5.92 Å². The second-order valence-corrected chi connectivity index (χ2v) is 8.52. The Morgan fingerprint density at radius 3 is 2.26 bits per heavy atom. The van der Waals surface area contributed by atoms with Crippen LogP contribution in [0.15, 0.2) is 0 Å². The number of fused-ring (bicyclic) bond motifs is 2. The summed E-state index contributed by atoms with van der Waals surface area (Å²) >= 11 is 0. The predicted molar refractivity (Wildman–Crippen MR) is 91.9 cm³/mol. The molecule has 0 aromatic carbocycles. The molecule has 2 bridgehead atoms. The number of likely N-dealkylation sites (tertiary alicyclic amines) is 2. The van der Waals surface area contributed by atoms with Gasteiger partial charge in [0.15, 0.2) is 0 Å². The quantitative estimate of drug-likeness (QED) is 0.849. The summed E-state index contributed by atoms with van der Waals surface area (Å²) in [6.07, 6.45) is 11.1. The molecule has 0 radical (unpaired) electrons. The van der Waals surface area contributed by atoms with Crippen LogP contribution in [-0.4, -0.2) is 54.0 Å². The zero-order chi connectivity index (χ0) is 15.8. The molecule has 0 aromatic rings. The topological polar surface area (TPSA) is 49.6 Å². The number of hydrogen-bond donors (Lipinski definition) is 1. The maximum atomic E-state index is 13.1. The van der Waals surface area contributed by atoms with Crippen molar-refractivity contribution in [3.8, 4) is 0 Å². The van der Waals surface area contributed by atoms with Gasteiger partial charge < -0.3 is 10.6 Å². The largest absolute Gasteiger partial charge is 0.341 e. The van der Waals surface area contributed by atoms with E-state index in [1.807, 2.05) is 0 Å². The highest BCUT2D eigenvalue weighted by Gasteiger charge is 2.42. The van der Waals surface area contributed by atoms with E-state index >= 15 is 0 Å². The lowest BCUT2D eigenvalue weighted by Crippen LogP contribution is -2.53. The predicted octanol–water partition coefficient (Wildman–Crippen LogP) is 2.23. The minimum absolute atomic E-state index is 0.266. The smallest absolute Gasteiger partial charge is 0.225 e. The number of carbonyl (C=O) groups excluding carboxylic acids is 1. The molecular weight excluding hydrogens is 286 g/mol. The van der Waals surface area contributed by atoms with Gasteiger partial charge in [-0.1, -0.05) is 6.42 Å². The Labute approximate surface area is 140 Å². The monoisotopic (exact) mass is 319 g/mol. The summed E-state index contributed by atoms with van der Waals surface area (Å²) in [6, 6.07) is 0.993. The number of rotatable bonds is 2. The SMILES string of the molecule is NC1C2CCCC1CC(C(=O)N1CCCC(N3CCCC3)C1)C2. The van der Waals surface area contributed by atoms with Gasteiger partial charge in [-0.05, 0) is 76.3 Å². The van der Waals surface area contributed by atoms with Crippen molar-refractivity contribution in [3.63, 3.8) is 0 Å². The van der Waals surface area contributed by atoms with Crippen LogP contribution < -0.4 is 5.73 Å². The van der Waals surface area contributed by atoms with Crippen LogP contribution in [0.1, 0.15) is 57.8 Å². The third-order valence-corrected chi connectivity index (χ3v) is 7.13. The number of piperidine rings is 1. The number of hydrogen-bond acceptors (Lipinski definition) is 3. The summed E-state index contributed by atoms with van der Waals surface area (Å²) < 4.78 is 0. The Bertz CT molecular complexity index is 420. The van der Waals surface area contributed by atoms with Gasteiger partial charge in [-0.15, -0.1) is 0 Å².